The molecule has 0 atom stereocenters. The van der Waals surface area contributed by atoms with Crippen LogP contribution < -0.4 is 15.4 Å². The highest BCUT2D eigenvalue weighted by molar-refractivity contribution is 5.79. The molecule has 1 saturated carbocycles. The standard InChI is InChI=1S/C18H30N4O2/c1-19-18(22-14-15-9-10-17(23-2)21-13-15)20-11-6-12-24-16-7-4-3-5-8-16/h9-10,13,16H,3-8,11-12,14H2,1-2H3,(H2,19,20,22). The molecule has 1 aromatic heterocycles. The minimum atomic E-state index is 0.485. The van der Waals surface area contributed by atoms with E-state index in [1.165, 1.54) is 32.1 Å². The monoisotopic (exact) mass is 334 g/mol. The van der Waals surface area contributed by atoms with Gasteiger partial charge in [-0.05, 0) is 24.8 Å². The fourth-order valence-corrected chi connectivity index (χ4v) is 2.80. The van der Waals surface area contributed by atoms with Crippen LogP contribution in [-0.4, -0.2) is 44.4 Å². The van der Waals surface area contributed by atoms with Crippen molar-refractivity contribution in [1.29, 1.82) is 0 Å². The third-order valence-electron chi connectivity index (χ3n) is 4.21. The third kappa shape index (κ3) is 6.74. The maximum Gasteiger partial charge on any atom is 0.212 e. The predicted octanol–water partition coefficient (Wildman–Crippen LogP) is 2.49. The smallest absolute Gasteiger partial charge is 0.212 e. The quantitative estimate of drug-likeness (QED) is 0.434. The molecule has 24 heavy (non-hydrogen) atoms. The molecule has 1 aliphatic rings. The van der Waals surface area contributed by atoms with Crippen LogP contribution in [0.2, 0.25) is 0 Å². The number of rotatable bonds is 8. The number of methoxy groups -OCH3 is 1. The average molecular weight is 334 g/mol. The summed E-state index contributed by atoms with van der Waals surface area (Å²) >= 11 is 0. The van der Waals surface area contributed by atoms with Crippen molar-refractivity contribution in [2.45, 2.75) is 51.2 Å². The highest BCUT2D eigenvalue weighted by atomic mass is 16.5. The molecular formula is C18H30N4O2. The van der Waals surface area contributed by atoms with Crippen LogP contribution in [0.1, 0.15) is 44.1 Å². The Balaban J connectivity index is 1.57. The van der Waals surface area contributed by atoms with Crippen molar-refractivity contribution >= 4 is 5.96 Å². The number of hydrogen-bond acceptors (Lipinski definition) is 4. The fraction of sp³-hybridized carbons (Fsp3) is 0.667. The summed E-state index contributed by atoms with van der Waals surface area (Å²) < 4.78 is 11.0. The van der Waals surface area contributed by atoms with Crippen LogP contribution in [0.5, 0.6) is 5.88 Å². The van der Waals surface area contributed by atoms with E-state index in [1.807, 2.05) is 12.1 Å². The zero-order valence-electron chi connectivity index (χ0n) is 14.9. The molecule has 1 heterocycles. The summed E-state index contributed by atoms with van der Waals surface area (Å²) in [4.78, 5) is 8.43. The lowest BCUT2D eigenvalue weighted by Crippen LogP contribution is -2.37. The van der Waals surface area contributed by atoms with E-state index in [-0.39, 0.29) is 0 Å². The van der Waals surface area contributed by atoms with Gasteiger partial charge in [-0.1, -0.05) is 25.3 Å². The normalized spacial score (nSPS) is 16.0. The summed E-state index contributed by atoms with van der Waals surface area (Å²) in [6.45, 7) is 2.35. The topological polar surface area (TPSA) is 67.8 Å². The zero-order valence-corrected chi connectivity index (χ0v) is 14.9. The number of aromatic nitrogens is 1. The molecule has 0 saturated heterocycles. The Morgan fingerprint density at radius 1 is 1.25 bits per heavy atom. The van der Waals surface area contributed by atoms with Crippen molar-refractivity contribution in [3.05, 3.63) is 23.9 Å². The molecule has 2 rings (SSSR count). The van der Waals surface area contributed by atoms with Crippen molar-refractivity contribution in [1.82, 2.24) is 15.6 Å². The van der Waals surface area contributed by atoms with E-state index in [2.05, 4.69) is 20.6 Å². The molecule has 0 amide bonds. The minimum absolute atomic E-state index is 0.485. The number of nitrogens with zero attached hydrogens (tertiary/aromatic N) is 2. The summed E-state index contributed by atoms with van der Waals surface area (Å²) in [6, 6.07) is 3.85. The van der Waals surface area contributed by atoms with Crippen LogP contribution in [0.15, 0.2) is 23.3 Å². The number of aliphatic imine (C=N–C) groups is 1. The van der Waals surface area contributed by atoms with Gasteiger partial charge >= 0.3 is 0 Å². The molecule has 1 fully saturated rings. The molecule has 6 nitrogen and oxygen atoms in total. The van der Waals surface area contributed by atoms with E-state index in [4.69, 9.17) is 9.47 Å². The first kappa shape index (κ1) is 18.5. The lowest BCUT2D eigenvalue weighted by Gasteiger charge is -2.22. The molecule has 0 aliphatic heterocycles. The van der Waals surface area contributed by atoms with E-state index in [0.717, 1.165) is 31.1 Å². The second-order valence-corrected chi connectivity index (χ2v) is 6.05. The zero-order chi connectivity index (χ0) is 17.0. The van der Waals surface area contributed by atoms with Crippen molar-refractivity contribution < 1.29 is 9.47 Å². The largest absolute Gasteiger partial charge is 0.481 e. The van der Waals surface area contributed by atoms with Gasteiger partial charge in [0.1, 0.15) is 0 Å². The van der Waals surface area contributed by atoms with Crippen LogP contribution in [0.25, 0.3) is 0 Å². The average Bonchev–Trinajstić information content (AvgIpc) is 2.65. The summed E-state index contributed by atoms with van der Waals surface area (Å²) in [6.07, 6.45) is 9.74. The van der Waals surface area contributed by atoms with E-state index in [9.17, 15) is 0 Å². The summed E-state index contributed by atoms with van der Waals surface area (Å²) in [5.74, 6) is 1.42. The summed E-state index contributed by atoms with van der Waals surface area (Å²) in [5.41, 5.74) is 1.08. The van der Waals surface area contributed by atoms with Crippen LogP contribution in [0.4, 0.5) is 0 Å². The van der Waals surface area contributed by atoms with Crippen LogP contribution in [0.3, 0.4) is 0 Å². The molecule has 0 bridgehead atoms. The van der Waals surface area contributed by atoms with E-state index in [0.29, 0.717) is 18.5 Å². The predicted molar refractivity (Wildman–Crippen MR) is 96.4 cm³/mol. The summed E-state index contributed by atoms with van der Waals surface area (Å²) in [5, 5.41) is 6.59. The van der Waals surface area contributed by atoms with Crippen LogP contribution >= 0.6 is 0 Å². The number of ether oxygens (including phenoxy) is 2. The molecule has 0 radical (unpaired) electrons. The van der Waals surface area contributed by atoms with E-state index < -0.39 is 0 Å². The minimum Gasteiger partial charge on any atom is -0.481 e. The molecular weight excluding hydrogens is 304 g/mol. The van der Waals surface area contributed by atoms with Crippen molar-refractivity contribution in [3.63, 3.8) is 0 Å². The Kier molecular flexibility index (Phi) is 8.38. The number of guanidine groups is 1. The van der Waals surface area contributed by atoms with Gasteiger partial charge in [0.05, 0.1) is 13.2 Å². The lowest BCUT2D eigenvalue weighted by molar-refractivity contribution is 0.0277. The molecule has 0 spiro atoms. The summed E-state index contributed by atoms with van der Waals surface area (Å²) in [7, 11) is 3.39. The number of pyridine rings is 1. The Bertz CT molecular complexity index is 484. The van der Waals surface area contributed by atoms with Crippen molar-refractivity contribution in [2.75, 3.05) is 27.3 Å². The number of hydrogen-bond donors (Lipinski definition) is 2. The maximum absolute atomic E-state index is 5.93. The van der Waals surface area contributed by atoms with Crippen molar-refractivity contribution in [3.8, 4) is 5.88 Å². The van der Waals surface area contributed by atoms with E-state index in [1.54, 1.807) is 20.4 Å². The first-order valence-electron chi connectivity index (χ1n) is 8.87. The van der Waals surface area contributed by atoms with Crippen LogP contribution in [-0.2, 0) is 11.3 Å². The first-order chi connectivity index (χ1) is 11.8. The van der Waals surface area contributed by atoms with Gasteiger partial charge in [-0.2, -0.15) is 0 Å². The van der Waals surface area contributed by atoms with Gasteiger partial charge in [-0.3, -0.25) is 4.99 Å². The van der Waals surface area contributed by atoms with Crippen LogP contribution in [0, 0.1) is 0 Å². The molecule has 1 aromatic rings. The van der Waals surface area contributed by atoms with Gasteiger partial charge in [-0.15, -0.1) is 0 Å². The third-order valence-corrected chi connectivity index (χ3v) is 4.21. The Hall–Kier alpha value is -1.82. The van der Waals surface area contributed by atoms with Gasteiger partial charge in [0.15, 0.2) is 5.96 Å². The number of nitrogens with one attached hydrogen (secondary N) is 2. The molecule has 0 aromatic carbocycles. The first-order valence-corrected chi connectivity index (χ1v) is 8.87. The Morgan fingerprint density at radius 3 is 2.75 bits per heavy atom. The highest BCUT2D eigenvalue weighted by Gasteiger charge is 2.12. The Labute approximate surface area is 145 Å². The van der Waals surface area contributed by atoms with Gasteiger partial charge < -0.3 is 20.1 Å². The van der Waals surface area contributed by atoms with Gasteiger partial charge in [0.2, 0.25) is 5.88 Å². The lowest BCUT2D eigenvalue weighted by atomic mass is 9.98. The second-order valence-electron chi connectivity index (χ2n) is 6.05. The Morgan fingerprint density at radius 2 is 2.08 bits per heavy atom. The van der Waals surface area contributed by atoms with Gasteiger partial charge in [-0.25, -0.2) is 4.98 Å². The molecule has 1 aliphatic carbocycles. The molecule has 6 heteroatoms. The molecule has 0 unspecified atom stereocenters. The second kappa shape index (κ2) is 10.9. The fourth-order valence-electron chi connectivity index (χ4n) is 2.80. The van der Waals surface area contributed by atoms with E-state index >= 15 is 0 Å². The molecule has 2 N–H and O–H groups in total. The van der Waals surface area contributed by atoms with Gasteiger partial charge in [0.25, 0.3) is 0 Å². The maximum atomic E-state index is 5.93. The van der Waals surface area contributed by atoms with Crippen molar-refractivity contribution in [2.24, 2.45) is 4.99 Å². The van der Waals surface area contributed by atoms with Gasteiger partial charge in [0, 0.05) is 39.0 Å². The SMILES string of the molecule is CN=C(NCCCOC1CCCCC1)NCc1ccc(OC)nc1. The molecule has 134 valence electrons. The highest BCUT2D eigenvalue weighted by Crippen LogP contribution is 2.20.